The van der Waals surface area contributed by atoms with Crippen molar-refractivity contribution in [2.45, 2.75) is 38.3 Å². The number of alkyl halides is 6. The lowest BCUT2D eigenvalue weighted by Gasteiger charge is -2.17. The number of carbonyl (C=O) groups is 1. The number of nitrogens with one attached hydrogen (secondary N) is 2. The Balaban J connectivity index is 2.33. The van der Waals surface area contributed by atoms with Crippen molar-refractivity contribution in [3.8, 4) is 11.3 Å². The monoisotopic (exact) mass is 394 g/mol. The number of nitrogens with zero attached hydrogens (tertiary/aromatic N) is 1. The first-order valence-corrected chi connectivity index (χ1v) is 7.59. The highest BCUT2D eigenvalue weighted by Gasteiger charge is 2.37. The molecule has 0 spiro atoms. The van der Waals surface area contributed by atoms with Crippen molar-refractivity contribution < 1.29 is 31.1 Å². The summed E-state index contributed by atoms with van der Waals surface area (Å²) in [5.41, 5.74) is 1.20. The van der Waals surface area contributed by atoms with Crippen LogP contribution < -0.4 is 11.1 Å². The third kappa shape index (κ3) is 5.22. The lowest BCUT2D eigenvalue weighted by atomic mass is 10.0. The number of hydrogen-bond acceptors (Lipinski definition) is 3. The summed E-state index contributed by atoms with van der Waals surface area (Å²) in [6.45, 7) is 2.82. The molecule has 1 amide bonds. The van der Waals surface area contributed by atoms with Crippen LogP contribution in [0.1, 0.15) is 30.8 Å². The molecule has 27 heavy (non-hydrogen) atoms. The zero-order valence-electron chi connectivity index (χ0n) is 14.2. The molecule has 11 heteroatoms. The number of H-pyrrole nitrogens is 1. The summed E-state index contributed by atoms with van der Waals surface area (Å²) in [6, 6.07) is 1.23. The number of rotatable bonds is 4. The molecule has 0 aliphatic heterocycles. The minimum Gasteiger partial charge on any atom is -0.347 e. The first kappa shape index (κ1) is 20.7. The zero-order valence-corrected chi connectivity index (χ0v) is 14.2. The molecule has 0 radical (unpaired) electrons. The van der Waals surface area contributed by atoms with Crippen LogP contribution in [0.5, 0.6) is 0 Å². The molecule has 2 aromatic rings. The normalized spacial score (nSPS) is 12.9. The van der Waals surface area contributed by atoms with E-state index in [1.807, 2.05) is 0 Å². The van der Waals surface area contributed by atoms with Crippen LogP contribution in [0.4, 0.5) is 26.3 Å². The Morgan fingerprint density at radius 3 is 2.04 bits per heavy atom. The van der Waals surface area contributed by atoms with Crippen molar-refractivity contribution in [3.05, 3.63) is 41.3 Å². The third-order valence-corrected chi connectivity index (χ3v) is 3.53. The van der Waals surface area contributed by atoms with Gasteiger partial charge in [0, 0.05) is 5.56 Å². The first-order valence-electron chi connectivity index (χ1n) is 7.59. The Morgan fingerprint density at radius 2 is 1.59 bits per heavy atom. The molecule has 0 unspecified atom stereocenters. The lowest BCUT2D eigenvalue weighted by molar-refractivity contribution is -0.143. The summed E-state index contributed by atoms with van der Waals surface area (Å²) in [7, 11) is 0. The molecule has 4 N–H and O–H groups in total. The molecule has 0 saturated carbocycles. The van der Waals surface area contributed by atoms with Gasteiger partial charge in [0.05, 0.1) is 35.1 Å². The van der Waals surface area contributed by atoms with E-state index in [0.717, 1.165) is 6.20 Å². The fraction of sp³-hybridized carbons (Fsp3) is 0.375. The molecule has 5 nitrogen and oxygen atoms in total. The SMILES string of the molecule is CC(C)(N)C(=O)NCc1ncc(-c2cc(C(F)(F)F)cc(C(F)(F)F)c2)[nH]1. The summed E-state index contributed by atoms with van der Waals surface area (Å²) < 4.78 is 77.6. The molecule has 0 aliphatic rings. The number of amides is 1. The van der Waals surface area contributed by atoms with Gasteiger partial charge in [-0.2, -0.15) is 26.3 Å². The van der Waals surface area contributed by atoms with E-state index in [1.54, 1.807) is 0 Å². The number of aromatic nitrogens is 2. The number of halogens is 6. The van der Waals surface area contributed by atoms with Crippen LogP contribution in [0.15, 0.2) is 24.4 Å². The van der Waals surface area contributed by atoms with Crippen molar-refractivity contribution in [1.29, 1.82) is 0 Å². The number of benzene rings is 1. The number of imidazole rings is 1. The van der Waals surface area contributed by atoms with E-state index in [4.69, 9.17) is 5.73 Å². The van der Waals surface area contributed by atoms with Crippen LogP contribution >= 0.6 is 0 Å². The average molecular weight is 394 g/mol. The fourth-order valence-corrected chi connectivity index (χ4v) is 2.10. The maximum atomic E-state index is 12.9. The number of aromatic amines is 1. The molecule has 1 aromatic carbocycles. The Bertz CT molecular complexity index is 800. The van der Waals surface area contributed by atoms with Gasteiger partial charge in [-0.25, -0.2) is 4.98 Å². The third-order valence-electron chi connectivity index (χ3n) is 3.53. The van der Waals surface area contributed by atoms with Gasteiger partial charge in [0.25, 0.3) is 0 Å². The molecule has 0 fully saturated rings. The maximum Gasteiger partial charge on any atom is 0.416 e. The summed E-state index contributed by atoms with van der Waals surface area (Å²) >= 11 is 0. The molecule has 2 rings (SSSR count). The average Bonchev–Trinajstić information content (AvgIpc) is 2.98. The van der Waals surface area contributed by atoms with Gasteiger partial charge >= 0.3 is 12.4 Å². The number of hydrogen-bond donors (Lipinski definition) is 3. The number of carbonyl (C=O) groups excluding carboxylic acids is 1. The summed E-state index contributed by atoms with van der Waals surface area (Å²) in [4.78, 5) is 18.1. The van der Waals surface area contributed by atoms with Crippen molar-refractivity contribution in [1.82, 2.24) is 15.3 Å². The van der Waals surface area contributed by atoms with E-state index in [-0.39, 0.29) is 29.7 Å². The highest BCUT2D eigenvalue weighted by Crippen LogP contribution is 2.38. The minimum absolute atomic E-state index is 0.0460. The summed E-state index contributed by atoms with van der Waals surface area (Å²) in [5.74, 6) is -0.354. The molecule has 1 aromatic heterocycles. The Labute approximate surface area is 150 Å². The van der Waals surface area contributed by atoms with Gasteiger partial charge in [-0.3, -0.25) is 4.79 Å². The van der Waals surface area contributed by atoms with Crippen molar-refractivity contribution >= 4 is 5.91 Å². The van der Waals surface area contributed by atoms with Gasteiger partial charge in [0.1, 0.15) is 5.82 Å². The second-order valence-electron chi connectivity index (χ2n) is 6.44. The van der Waals surface area contributed by atoms with E-state index in [0.29, 0.717) is 12.1 Å². The van der Waals surface area contributed by atoms with Crippen LogP contribution in [-0.2, 0) is 23.7 Å². The summed E-state index contributed by atoms with van der Waals surface area (Å²) in [6.07, 6.45) is -8.80. The molecule has 1 heterocycles. The van der Waals surface area contributed by atoms with E-state index >= 15 is 0 Å². The molecular weight excluding hydrogens is 378 g/mol. The van der Waals surface area contributed by atoms with Gasteiger partial charge in [-0.05, 0) is 32.0 Å². The molecular formula is C16H16F6N4O. The quantitative estimate of drug-likeness (QED) is 0.695. The van der Waals surface area contributed by atoms with E-state index < -0.39 is 34.9 Å². The van der Waals surface area contributed by atoms with E-state index in [2.05, 4.69) is 15.3 Å². The Kier molecular flexibility index (Phi) is 5.28. The van der Waals surface area contributed by atoms with Gasteiger partial charge in [0.2, 0.25) is 5.91 Å². The Morgan fingerprint density at radius 1 is 1.07 bits per heavy atom. The van der Waals surface area contributed by atoms with E-state index in [1.165, 1.54) is 13.8 Å². The van der Waals surface area contributed by atoms with Gasteiger partial charge in [-0.1, -0.05) is 0 Å². The second-order valence-corrected chi connectivity index (χ2v) is 6.44. The highest BCUT2D eigenvalue weighted by atomic mass is 19.4. The fourth-order valence-electron chi connectivity index (χ4n) is 2.10. The van der Waals surface area contributed by atoms with Crippen LogP contribution in [-0.4, -0.2) is 21.4 Å². The standard InChI is InChI=1S/C16H16F6N4O/c1-14(2,23)13(27)25-7-12-24-6-11(26-12)8-3-9(15(17,18)19)5-10(4-8)16(20,21)22/h3-6H,7,23H2,1-2H3,(H,24,26)(H,25,27). The summed E-state index contributed by atoms with van der Waals surface area (Å²) in [5, 5.41) is 2.46. The van der Waals surface area contributed by atoms with Crippen molar-refractivity contribution in [2.75, 3.05) is 0 Å². The van der Waals surface area contributed by atoms with Crippen LogP contribution in [0.3, 0.4) is 0 Å². The van der Waals surface area contributed by atoms with Crippen LogP contribution in [0.2, 0.25) is 0 Å². The minimum atomic E-state index is -4.94. The molecule has 0 bridgehead atoms. The largest absolute Gasteiger partial charge is 0.416 e. The van der Waals surface area contributed by atoms with Crippen LogP contribution in [0, 0.1) is 0 Å². The second kappa shape index (κ2) is 6.87. The van der Waals surface area contributed by atoms with Crippen molar-refractivity contribution in [3.63, 3.8) is 0 Å². The maximum absolute atomic E-state index is 12.9. The van der Waals surface area contributed by atoms with Gasteiger partial charge in [0.15, 0.2) is 0 Å². The van der Waals surface area contributed by atoms with Crippen LogP contribution in [0.25, 0.3) is 11.3 Å². The highest BCUT2D eigenvalue weighted by molar-refractivity contribution is 5.84. The molecule has 148 valence electrons. The lowest BCUT2D eigenvalue weighted by Crippen LogP contribution is -2.48. The topological polar surface area (TPSA) is 83.8 Å². The predicted molar refractivity (Wildman–Crippen MR) is 84.1 cm³/mol. The number of nitrogens with two attached hydrogens (primary N) is 1. The smallest absolute Gasteiger partial charge is 0.347 e. The van der Waals surface area contributed by atoms with Crippen molar-refractivity contribution in [2.24, 2.45) is 5.73 Å². The zero-order chi connectivity index (χ0) is 20.6. The molecule has 0 aliphatic carbocycles. The molecule has 0 atom stereocenters. The first-order chi connectivity index (χ1) is 12.2. The van der Waals surface area contributed by atoms with Gasteiger partial charge < -0.3 is 16.0 Å². The molecule has 0 saturated heterocycles. The van der Waals surface area contributed by atoms with E-state index in [9.17, 15) is 31.1 Å². The van der Waals surface area contributed by atoms with Gasteiger partial charge in [-0.15, -0.1) is 0 Å². The Hall–Kier alpha value is -2.56. The predicted octanol–water partition coefficient (Wildman–Crippen LogP) is 3.47.